The van der Waals surface area contributed by atoms with Gasteiger partial charge in [0, 0.05) is 0 Å². The number of carbonyl (C=O) groups excluding carboxylic acids is 2. The van der Waals surface area contributed by atoms with Crippen LogP contribution in [-0.2, 0) is 9.59 Å². The number of amides is 1. The highest BCUT2D eigenvalue weighted by atomic mass is 16.7. The van der Waals surface area contributed by atoms with Crippen LogP contribution in [0.15, 0.2) is 24.3 Å². The Morgan fingerprint density at radius 3 is 2.83 bits per heavy atom. The van der Waals surface area contributed by atoms with Gasteiger partial charge in [-0.3, -0.25) is 4.79 Å². The Balaban J connectivity index is 2.14. The number of aromatic nitrogens is 3. The van der Waals surface area contributed by atoms with Gasteiger partial charge >= 0.3 is 5.97 Å². The van der Waals surface area contributed by atoms with Gasteiger partial charge in [0.15, 0.2) is 0 Å². The van der Waals surface area contributed by atoms with Gasteiger partial charge in [-0.15, -0.1) is 5.10 Å². The summed E-state index contributed by atoms with van der Waals surface area (Å²) in [4.78, 5) is 28.0. The molecule has 8 nitrogen and oxygen atoms in total. The first-order chi connectivity index (χ1) is 8.58. The number of carbonyl (C=O) groups is 2. The van der Waals surface area contributed by atoms with Crippen LogP contribution in [0.5, 0.6) is 0 Å². The van der Waals surface area contributed by atoms with Crippen LogP contribution in [-0.4, -0.2) is 33.1 Å². The Kier molecular flexibility index (Phi) is 3.20. The molecule has 4 N–H and O–H groups in total. The molecule has 1 aromatic heterocycles. The normalized spacial score (nSPS) is 12.3. The summed E-state index contributed by atoms with van der Waals surface area (Å²) in [6.45, 7) is 0. The molecular weight excluding hydrogens is 238 g/mol. The largest absolute Gasteiger partial charge is 0.370 e. The third kappa shape index (κ3) is 2.43. The van der Waals surface area contributed by atoms with Gasteiger partial charge < -0.3 is 16.3 Å². The number of para-hydroxylation sites is 1. The average molecular weight is 249 g/mol. The number of nitrogens with zero attached hydrogens (tertiary/aromatic N) is 3. The summed E-state index contributed by atoms with van der Waals surface area (Å²) in [5.74, 6) is -1.48. The van der Waals surface area contributed by atoms with Crippen LogP contribution < -0.4 is 16.3 Å². The second-order valence-corrected chi connectivity index (χ2v) is 3.64. The van der Waals surface area contributed by atoms with Crippen molar-refractivity contribution >= 4 is 22.9 Å². The summed E-state index contributed by atoms with van der Waals surface area (Å²) in [6.07, 6.45) is -0.286. The zero-order valence-corrected chi connectivity index (χ0v) is 9.31. The lowest BCUT2D eigenvalue weighted by Crippen LogP contribution is -2.40. The number of hydrogen-bond donors (Lipinski definition) is 2. The van der Waals surface area contributed by atoms with E-state index in [-0.39, 0.29) is 6.42 Å². The van der Waals surface area contributed by atoms with Gasteiger partial charge in [0.1, 0.15) is 17.1 Å². The van der Waals surface area contributed by atoms with E-state index in [0.29, 0.717) is 11.0 Å². The molecule has 0 unspecified atom stereocenters. The molecule has 0 radical (unpaired) electrons. The summed E-state index contributed by atoms with van der Waals surface area (Å²) in [5, 5.41) is 7.44. The van der Waals surface area contributed by atoms with Crippen LogP contribution in [0.25, 0.3) is 11.0 Å². The first kappa shape index (κ1) is 12.0. The molecule has 1 atom stereocenters. The summed E-state index contributed by atoms with van der Waals surface area (Å²) in [7, 11) is 0. The molecule has 0 aliphatic carbocycles. The van der Waals surface area contributed by atoms with Crippen molar-refractivity contribution in [3.63, 3.8) is 0 Å². The van der Waals surface area contributed by atoms with Gasteiger partial charge in [-0.1, -0.05) is 17.0 Å². The minimum Gasteiger partial charge on any atom is -0.370 e. The van der Waals surface area contributed by atoms with E-state index in [1.54, 1.807) is 24.3 Å². The molecule has 0 aliphatic heterocycles. The van der Waals surface area contributed by atoms with Crippen LogP contribution >= 0.6 is 0 Å². The zero-order valence-electron chi connectivity index (χ0n) is 9.31. The van der Waals surface area contributed by atoms with E-state index in [1.807, 2.05) is 0 Å². The van der Waals surface area contributed by atoms with Crippen LogP contribution in [0.3, 0.4) is 0 Å². The number of nitrogens with two attached hydrogens (primary N) is 2. The van der Waals surface area contributed by atoms with Crippen molar-refractivity contribution in [3.05, 3.63) is 24.3 Å². The highest BCUT2D eigenvalue weighted by Gasteiger charge is 2.20. The van der Waals surface area contributed by atoms with Gasteiger partial charge in [0.2, 0.25) is 5.91 Å². The second-order valence-electron chi connectivity index (χ2n) is 3.64. The molecule has 8 heteroatoms. The van der Waals surface area contributed by atoms with Gasteiger partial charge in [-0.2, -0.15) is 0 Å². The Morgan fingerprint density at radius 2 is 2.11 bits per heavy atom. The number of primary amides is 1. The molecule has 0 saturated carbocycles. The smallest absolute Gasteiger partial charge is 0.352 e. The van der Waals surface area contributed by atoms with Crippen LogP contribution in [0, 0.1) is 0 Å². The molecule has 2 aromatic rings. The number of benzene rings is 1. The first-order valence-corrected chi connectivity index (χ1v) is 5.14. The van der Waals surface area contributed by atoms with Crippen molar-refractivity contribution in [2.24, 2.45) is 11.5 Å². The number of rotatable bonds is 4. The Bertz CT molecular complexity index is 594. The third-order valence-electron chi connectivity index (χ3n) is 2.22. The molecule has 0 bridgehead atoms. The maximum atomic E-state index is 11.5. The lowest BCUT2D eigenvalue weighted by molar-refractivity contribution is -0.148. The Labute approximate surface area is 101 Å². The fraction of sp³-hybridized carbons (Fsp3) is 0.200. The summed E-state index contributed by atoms with van der Waals surface area (Å²) >= 11 is 0. The molecule has 0 spiro atoms. The minimum atomic E-state index is -1.12. The summed E-state index contributed by atoms with van der Waals surface area (Å²) < 4.78 is 0. The van der Waals surface area contributed by atoms with E-state index >= 15 is 0 Å². The molecule has 1 aromatic carbocycles. The lowest BCUT2D eigenvalue weighted by Gasteiger charge is -2.08. The molecular formula is C10H11N5O3. The van der Waals surface area contributed by atoms with Crippen molar-refractivity contribution < 1.29 is 14.4 Å². The Hall–Kier alpha value is -2.48. The van der Waals surface area contributed by atoms with E-state index < -0.39 is 17.9 Å². The van der Waals surface area contributed by atoms with E-state index in [1.165, 1.54) is 0 Å². The van der Waals surface area contributed by atoms with Crippen LogP contribution in [0.4, 0.5) is 0 Å². The van der Waals surface area contributed by atoms with Crippen molar-refractivity contribution in [2.45, 2.75) is 12.5 Å². The van der Waals surface area contributed by atoms with Crippen molar-refractivity contribution in [2.75, 3.05) is 0 Å². The van der Waals surface area contributed by atoms with Crippen LogP contribution in [0.1, 0.15) is 6.42 Å². The molecule has 18 heavy (non-hydrogen) atoms. The molecule has 94 valence electrons. The maximum absolute atomic E-state index is 11.5. The lowest BCUT2D eigenvalue weighted by atomic mass is 10.2. The Morgan fingerprint density at radius 1 is 1.39 bits per heavy atom. The summed E-state index contributed by atoms with van der Waals surface area (Å²) in [6, 6.07) is 5.81. The van der Waals surface area contributed by atoms with Gasteiger partial charge in [-0.25, -0.2) is 4.79 Å². The first-order valence-electron chi connectivity index (χ1n) is 5.14. The molecule has 0 fully saturated rings. The fourth-order valence-corrected chi connectivity index (χ4v) is 1.37. The number of fused-ring (bicyclic) bond motifs is 1. The van der Waals surface area contributed by atoms with Crippen molar-refractivity contribution in [3.8, 4) is 0 Å². The minimum absolute atomic E-state index is 0.286. The van der Waals surface area contributed by atoms with Gasteiger partial charge in [0.25, 0.3) is 0 Å². The van der Waals surface area contributed by atoms with E-state index in [9.17, 15) is 9.59 Å². The molecule has 0 aliphatic rings. The average Bonchev–Trinajstić information content (AvgIpc) is 2.72. The molecule has 0 saturated heterocycles. The van der Waals surface area contributed by atoms with Gasteiger partial charge in [-0.05, 0) is 17.3 Å². The quantitative estimate of drug-likeness (QED) is 0.641. The molecule has 2 rings (SSSR count). The van der Waals surface area contributed by atoms with E-state index in [4.69, 9.17) is 16.3 Å². The second kappa shape index (κ2) is 4.80. The predicted octanol–water partition coefficient (Wildman–Crippen LogP) is -1.41. The van der Waals surface area contributed by atoms with Crippen molar-refractivity contribution in [1.29, 1.82) is 0 Å². The molecule has 1 heterocycles. The highest BCUT2D eigenvalue weighted by molar-refractivity contribution is 5.84. The summed E-state index contributed by atoms with van der Waals surface area (Å²) in [5.41, 5.74) is 11.5. The molecule has 1 amide bonds. The fourth-order valence-electron chi connectivity index (χ4n) is 1.37. The number of hydrogen-bond acceptors (Lipinski definition) is 6. The monoisotopic (exact) mass is 249 g/mol. The van der Waals surface area contributed by atoms with Crippen LogP contribution in [0.2, 0.25) is 0 Å². The topological polar surface area (TPSA) is 126 Å². The predicted molar refractivity (Wildman–Crippen MR) is 60.9 cm³/mol. The third-order valence-corrected chi connectivity index (χ3v) is 2.22. The zero-order chi connectivity index (χ0) is 13.1. The van der Waals surface area contributed by atoms with E-state index in [0.717, 1.165) is 4.85 Å². The standard InChI is InChI=1S/C10H11N5O3/c11-6(5-9(12)16)10(17)18-15-8-4-2-1-3-7(8)13-14-15/h1-4,6H,5,11H2,(H2,12,16)/t6-/m0/s1. The van der Waals surface area contributed by atoms with Crippen molar-refractivity contribution in [1.82, 2.24) is 15.2 Å². The SMILES string of the molecule is NC(=O)C[C@H](N)C(=O)On1nnc2ccccc21. The van der Waals surface area contributed by atoms with Gasteiger partial charge in [0.05, 0.1) is 6.42 Å². The highest BCUT2D eigenvalue weighted by Crippen LogP contribution is 2.08. The van der Waals surface area contributed by atoms with E-state index in [2.05, 4.69) is 10.3 Å². The maximum Gasteiger partial charge on any atom is 0.352 e.